The van der Waals surface area contributed by atoms with E-state index < -0.39 is 9.05 Å². The molecular formula is C9H16ClNO2S. The first-order valence-electron chi connectivity index (χ1n) is 4.70. The smallest absolute Gasteiger partial charge is 0.256 e. The Morgan fingerprint density at radius 1 is 1.50 bits per heavy atom. The molecule has 14 heavy (non-hydrogen) atoms. The van der Waals surface area contributed by atoms with Crippen molar-refractivity contribution in [3.05, 3.63) is 11.5 Å². The van der Waals surface area contributed by atoms with E-state index in [1.807, 2.05) is 0 Å². The summed E-state index contributed by atoms with van der Waals surface area (Å²) >= 11 is 0. The van der Waals surface area contributed by atoms with E-state index in [2.05, 4.69) is 18.5 Å². The fourth-order valence-corrected chi connectivity index (χ4v) is 2.31. The lowest BCUT2D eigenvalue weighted by Crippen LogP contribution is -2.30. The second-order valence-electron chi connectivity index (χ2n) is 3.93. The minimum Gasteiger partial charge on any atom is -0.306 e. The van der Waals surface area contributed by atoms with Gasteiger partial charge in [0.25, 0.3) is 9.05 Å². The molecule has 0 aliphatic carbocycles. The molecule has 0 amide bonds. The molecule has 0 saturated carbocycles. The standard InChI is InChI=1S/C9H16ClNO2S/c1-8(14(10,12)13)7-9-3-5-11(2)6-4-9/h9H,1,3-7H2,2H3. The van der Waals surface area contributed by atoms with E-state index in [1.54, 1.807) is 0 Å². The molecule has 0 aromatic carbocycles. The predicted octanol–water partition coefficient (Wildman–Crippen LogP) is 1.80. The Bertz CT molecular complexity index is 305. The monoisotopic (exact) mass is 237 g/mol. The molecule has 0 aromatic heterocycles. The SMILES string of the molecule is C=C(CC1CCN(C)CC1)S(=O)(=O)Cl. The number of allylic oxidation sites excluding steroid dienone is 1. The summed E-state index contributed by atoms with van der Waals surface area (Å²) in [5.74, 6) is 0.423. The van der Waals surface area contributed by atoms with Crippen molar-refractivity contribution in [3.63, 3.8) is 0 Å². The zero-order valence-electron chi connectivity index (χ0n) is 8.37. The summed E-state index contributed by atoms with van der Waals surface area (Å²) in [6, 6.07) is 0. The average molecular weight is 238 g/mol. The maximum atomic E-state index is 10.9. The third-order valence-corrected chi connectivity index (χ3v) is 4.21. The molecule has 3 nitrogen and oxygen atoms in total. The van der Waals surface area contributed by atoms with Crippen molar-refractivity contribution >= 4 is 19.7 Å². The van der Waals surface area contributed by atoms with E-state index in [9.17, 15) is 8.42 Å². The van der Waals surface area contributed by atoms with Crippen molar-refractivity contribution in [1.82, 2.24) is 4.90 Å². The zero-order valence-corrected chi connectivity index (χ0v) is 9.94. The van der Waals surface area contributed by atoms with Crippen LogP contribution in [0.15, 0.2) is 11.5 Å². The second kappa shape index (κ2) is 4.64. The summed E-state index contributed by atoms with van der Waals surface area (Å²) in [6.45, 7) is 5.56. The van der Waals surface area contributed by atoms with Gasteiger partial charge in [-0.15, -0.1) is 0 Å². The van der Waals surface area contributed by atoms with Gasteiger partial charge in [0.15, 0.2) is 0 Å². The minimum absolute atomic E-state index is 0.161. The number of hydrogen-bond acceptors (Lipinski definition) is 3. The van der Waals surface area contributed by atoms with Gasteiger partial charge in [-0.3, -0.25) is 0 Å². The Hall–Kier alpha value is -0.0600. The number of hydrogen-bond donors (Lipinski definition) is 0. The van der Waals surface area contributed by atoms with Gasteiger partial charge in [-0.25, -0.2) is 8.42 Å². The summed E-state index contributed by atoms with van der Waals surface area (Å²) in [5, 5.41) is 0. The molecule has 0 bridgehead atoms. The summed E-state index contributed by atoms with van der Waals surface area (Å²) in [7, 11) is 3.71. The van der Waals surface area contributed by atoms with Gasteiger partial charge < -0.3 is 4.90 Å². The quantitative estimate of drug-likeness (QED) is 0.703. The molecule has 1 rings (SSSR count). The summed E-state index contributed by atoms with van der Waals surface area (Å²) in [6.07, 6.45) is 2.57. The van der Waals surface area contributed by atoms with E-state index in [-0.39, 0.29) is 4.91 Å². The Morgan fingerprint density at radius 3 is 2.43 bits per heavy atom. The molecular weight excluding hydrogens is 222 g/mol. The van der Waals surface area contributed by atoms with E-state index in [0.717, 1.165) is 25.9 Å². The van der Waals surface area contributed by atoms with Crippen LogP contribution in [0.4, 0.5) is 0 Å². The Kier molecular flexibility index (Phi) is 3.98. The lowest BCUT2D eigenvalue weighted by atomic mass is 9.94. The third-order valence-electron chi connectivity index (χ3n) is 2.70. The first-order chi connectivity index (χ1) is 6.39. The molecule has 0 aromatic rings. The van der Waals surface area contributed by atoms with Crippen LogP contribution < -0.4 is 0 Å². The molecule has 1 saturated heterocycles. The van der Waals surface area contributed by atoms with Crippen molar-refractivity contribution in [2.45, 2.75) is 19.3 Å². The molecule has 0 radical (unpaired) electrons. The minimum atomic E-state index is -3.55. The zero-order chi connectivity index (χ0) is 10.8. The number of nitrogens with zero attached hydrogens (tertiary/aromatic N) is 1. The molecule has 1 fully saturated rings. The first kappa shape index (κ1) is 12.0. The van der Waals surface area contributed by atoms with E-state index in [1.165, 1.54) is 0 Å². The fraction of sp³-hybridized carbons (Fsp3) is 0.778. The Morgan fingerprint density at radius 2 is 2.00 bits per heavy atom. The first-order valence-corrected chi connectivity index (χ1v) is 7.01. The van der Waals surface area contributed by atoms with Gasteiger partial charge in [0.2, 0.25) is 0 Å². The van der Waals surface area contributed by atoms with Crippen LogP contribution in [0.1, 0.15) is 19.3 Å². The van der Waals surface area contributed by atoms with Crippen molar-refractivity contribution in [2.75, 3.05) is 20.1 Å². The molecule has 0 spiro atoms. The molecule has 1 aliphatic heterocycles. The van der Waals surface area contributed by atoms with E-state index in [0.29, 0.717) is 12.3 Å². The van der Waals surface area contributed by atoms with Gasteiger partial charge in [-0.05, 0) is 45.3 Å². The van der Waals surface area contributed by atoms with Crippen LogP contribution in [0.2, 0.25) is 0 Å². The molecule has 0 N–H and O–H groups in total. The normalized spacial score (nSPS) is 21.0. The van der Waals surface area contributed by atoms with Crippen molar-refractivity contribution < 1.29 is 8.42 Å². The maximum Gasteiger partial charge on any atom is 0.256 e. The lowest BCUT2D eigenvalue weighted by molar-refractivity contribution is 0.220. The van der Waals surface area contributed by atoms with Crippen molar-refractivity contribution in [3.8, 4) is 0 Å². The van der Waals surface area contributed by atoms with E-state index in [4.69, 9.17) is 10.7 Å². The highest BCUT2D eigenvalue weighted by Gasteiger charge is 2.21. The van der Waals surface area contributed by atoms with Crippen molar-refractivity contribution in [2.24, 2.45) is 5.92 Å². The maximum absolute atomic E-state index is 10.9. The Balaban J connectivity index is 2.43. The molecule has 82 valence electrons. The van der Waals surface area contributed by atoms with Crippen LogP contribution in [-0.2, 0) is 9.05 Å². The molecule has 1 aliphatic rings. The Labute approximate surface area is 90.2 Å². The van der Waals surface area contributed by atoms with Gasteiger partial charge in [0.05, 0.1) is 4.91 Å². The summed E-state index contributed by atoms with van der Waals surface area (Å²) in [4.78, 5) is 2.41. The number of piperidine rings is 1. The van der Waals surface area contributed by atoms with Crippen LogP contribution in [-0.4, -0.2) is 33.5 Å². The summed E-state index contributed by atoms with van der Waals surface area (Å²) in [5.41, 5.74) is 0. The molecule has 0 atom stereocenters. The second-order valence-corrected chi connectivity index (χ2v) is 6.60. The highest BCUT2D eigenvalue weighted by Crippen LogP contribution is 2.26. The summed E-state index contributed by atoms with van der Waals surface area (Å²) < 4.78 is 21.8. The van der Waals surface area contributed by atoms with Crippen LogP contribution in [0, 0.1) is 5.92 Å². The largest absolute Gasteiger partial charge is 0.306 e. The van der Waals surface area contributed by atoms with Gasteiger partial charge in [-0.2, -0.15) is 0 Å². The fourth-order valence-electron chi connectivity index (χ4n) is 1.69. The topological polar surface area (TPSA) is 37.4 Å². The molecule has 5 heteroatoms. The van der Waals surface area contributed by atoms with E-state index >= 15 is 0 Å². The molecule has 0 unspecified atom stereocenters. The van der Waals surface area contributed by atoms with Crippen LogP contribution in [0.25, 0.3) is 0 Å². The van der Waals surface area contributed by atoms with Crippen LogP contribution in [0.5, 0.6) is 0 Å². The molecule has 1 heterocycles. The average Bonchev–Trinajstić information content (AvgIpc) is 2.07. The van der Waals surface area contributed by atoms with Crippen LogP contribution >= 0.6 is 10.7 Å². The predicted molar refractivity (Wildman–Crippen MR) is 58.8 cm³/mol. The number of halogens is 1. The van der Waals surface area contributed by atoms with Crippen LogP contribution in [0.3, 0.4) is 0 Å². The van der Waals surface area contributed by atoms with Gasteiger partial charge >= 0.3 is 0 Å². The van der Waals surface area contributed by atoms with Crippen molar-refractivity contribution in [1.29, 1.82) is 0 Å². The number of rotatable bonds is 3. The number of likely N-dealkylation sites (tertiary alicyclic amines) is 1. The van der Waals surface area contributed by atoms with Gasteiger partial charge in [0.1, 0.15) is 0 Å². The lowest BCUT2D eigenvalue weighted by Gasteiger charge is -2.28. The third kappa shape index (κ3) is 3.59. The highest BCUT2D eigenvalue weighted by molar-refractivity contribution is 8.16. The highest BCUT2D eigenvalue weighted by atomic mass is 35.7. The van der Waals surface area contributed by atoms with Gasteiger partial charge in [0, 0.05) is 10.7 Å². The van der Waals surface area contributed by atoms with Gasteiger partial charge in [-0.1, -0.05) is 6.58 Å².